The molecule has 2 aliphatic heterocycles. The Bertz CT molecular complexity index is 501. The molecule has 21 heavy (non-hydrogen) atoms. The molecule has 1 aliphatic carbocycles. The summed E-state index contributed by atoms with van der Waals surface area (Å²) >= 11 is 0. The Morgan fingerprint density at radius 2 is 2.33 bits per heavy atom. The molecule has 2 fully saturated rings. The van der Waals surface area contributed by atoms with E-state index in [1.54, 1.807) is 0 Å². The molecule has 0 bridgehead atoms. The first-order valence-electron chi connectivity index (χ1n) is 6.68. The molecule has 1 saturated carbocycles. The summed E-state index contributed by atoms with van der Waals surface area (Å²) in [6, 6.07) is 0. The number of aliphatic hydroxyl groups excluding tert-OH is 1. The van der Waals surface area contributed by atoms with E-state index in [-0.39, 0.29) is 18.6 Å². The molecule has 2 heterocycles. The maximum Gasteiger partial charge on any atom is 0.409 e. The molecule has 3 rings (SSSR count). The van der Waals surface area contributed by atoms with Crippen LogP contribution in [0.4, 0.5) is 4.79 Å². The zero-order valence-corrected chi connectivity index (χ0v) is 11.7. The van der Waals surface area contributed by atoms with Gasteiger partial charge in [0, 0.05) is 13.0 Å². The smallest absolute Gasteiger partial charge is 0.409 e. The molecule has 5 atom stereocenters. The number of hydrogen-bond donors (Lipinski definition) is 2. The highest BCUT2D eigenvalue weighted by Gasteiger charge is 2.73. The van der Waals surface area contributed by atoms with Crippen molar-refractivity contribution < 1.29 is 33.6 Å². The molecule has 0 aromatic carbocycles. The van der Waals surface area contributed by atoms with Gasteiger partial charge in [-0.15, -0.1) is 0 Å². The van der Waals surface area contributed by atoms with Gasteiger partial charge in [0.2, 0.25) is 0 Å². The number of aliphatic hydroxyl groups is 1. The SMILES string of the molecule is CNC(=O)OC1OC=C(C(=O)OC)C2CC3OC3(CO)C12. The minimum atomic E-state index is -0.914. The van der Waals surface area contributed by atoms with Crippen molar-refractivity contribution in [3.63, 3.8) is 0 Å². The molecule has 8 nitrogen and oxygen atoms in total. The summed E-state index contributed by atoms with van der Waals surface area (Å²) in [5.74, 6) is -1.16. The lowest BCUT2D eigenvalue weighted by atomic mass is 9.81. The van der Waals surface area contributed by atoms with Crippen molar-refractivity contribution in [1.29, 1.82) is 0 Å². The predicted molar refractivity (Wildman–Crippen MR) is 66.8 cm³/mol. The first-order valence-corrected chi connectivity index (χ1v) is 6.68. The van der Waals surface area contributed by atoms with E-state index in [0.717, 1.165) is 0 Å². The number of fused-ring (bicyclic) bond motifs is 3. The van der Waals surface area contributed by atoms with Crippen LogP contribution in [0.25, 0.3) is 0 Å². The number of carbonyl (C=O) groups is 2. The maximum absolute atomic E-state index is 11.8. The standard InChI is InChI=1S/C13H17NO7/c1-14-12(17)20-11-9-6(3-8-13(9,5-15)21-8)7(4-19-11)10(16)18-2/h4,6,8-9,11,15H,3,5H2,1-2H3,(H,14,17). The van der Waals surface area contributed by atoms with Crippen molar-refractivity contribution >= 4 is 12.1 Å². The number of epoxide rings is 1. The van der Waals surface area contributed by atoms with Gasteiger partial charge in [0.25, 0.3) is 6.29 Å². The van der Waals surface area contributed by atoms with E-state index in [9.17, 15) is 14.7 Å². The maximum atomic E-state index is 11.8. The lowest BCUT2D eigenvalue weighted by Crippen LogP contribution is -2.46. The molecular weight excluding hydrogens is 282 g/mol. The zero-order valence-electron chi connectivity index (χ0n) is 11.7. The quantitative estimate of drug-likeness (QED) is 0.535. The fourth-order valence-corrected chi connectivity index (χ4v) is 3.37. The van der Waals surface area contributed by atoms with Crippen LogP contribution in [0.15, 0.2) is 11.8 Å². The lowest BCUT2D eigenvalue weighted by Gasteiger charge is -2.36. The first kappa shape index (κ1) is 14.2. The Labute approximate surface area is 121 Å². The van der Waals surface area contributed by atoms with E-state index in [1.165, 1.54) is 20.4 Å². The third kappa shape index (κ3) is 1.97. The summed E-state index contributed by atoms with van der Waals surface area (Å²) in [5.41, 5.74) is -0.431. The second-order valence-corrected chi connectivity index (χ2v) is 5.31. The molecule has 2 N–H and O–H groups in total. The lowest BCUT2D eigenvalue weighted by molar-refractivity contribution is -0.153. The van der Waals surface area contributed by atoms with Gasteiger partial charge in [-0.25, -0.2) is 9.59 Å². The molecule has 5 unspecified atom stereocenters. The van der Waals surface area contributed by atoms with Crippen LogP contribution in [0.2, 0.25) is 0 Å². The summed E-state index contributed by atoms with van der Waals surface area (Å²) in [6.07, 6.45) is 0.108. The minimum Gasteiger partial charge on any atom is -0.466 e. The molecule has 1 saturated heterocycles. The van der Waals surface area contributed by atoms with Crippen molar-refractivity contribution in [3.05, 3.63) is 11.8 Å². The van der Waals surface area contributed by atoms with Gasteiger partial charge in [0.05, 0.1) is 37.6 Å². The van der Waals surface area contributed by atoms with Crippen LogP contribution in [-0.4, -0.2) is 55.9 Å². The number of ether oxygens (including phenoxy) is 4. The number of amides is 1. The van der Waals surface area contributed by atoms with Crippen molar-refractivity contribution in [3.8, 4) is 0 Å². The Balaban J connectivity index is 1.89. The van der Waals surface area contributed by atoms with Crippen LogP contribution in [0, 0.1) is 11.8 Å². The number of methoxy groups -OCH3 is 1. The van der Waals surface area contributed by atoms with Gasteiger partial charge < -0.3 is 29.4 Å². The fourth-order valence-electron chi connectivity index (χ4n) is 3.37. The summed E-state index contributed by atoms with van der Waals surface area (Å²) in [6.45, 7) is -0.218. The van der Waals surface area contributed by atoms with Gasteiger partial charge in [0.1, 0.15) is 5.60 Å². The number of carbonyl (C=O) groups excluding carboxylic acids is 2. The van der Waals surface area contributed by atoms with E-state index in [0.29, 0.717) is 12.0 Å². The Morgan fingerprint density at radius 1 is 1.57 bits per heavy atom. The van der Waals surface area contributed by atoms with Crippen LogP contribution in [-0.2, 0) is 23.7 Å². The van der Waals surface area contributed by atoms with Crippen LogP contribution in [0.5, 0.6) is 0 Å². The number of esters is 1. The highest BCUT2D eigenvalue weighted by atomic mass is 16.7. The molecule has 0 aromatic heterocycles. The van der Waals surface area contributed by atoms with Crippen molar-refractivity contribution in [2.24, 2.45) is 11.8 Å². The molecule has 0 radical (unpaired) electrons. The second kappa shape index (κ2) is 4.88. The van der Waals surface area contributed by atoms with Crippen molar-refractivity contribution in [2.45, 2.75) is 24.4 Å². The van der Waals surface area contributed by atoms with Gasteiger partial charge in [0.15, 0.2) is 0 Å². The van der Waals surface area contributed by atoms with Crippen molar-refractivity contribution in [1.82, 2.24) is 5.32 Å². The van der Waals surface area contributed by atoms with Crippen LogP contribution < -0.4 is 5.32 Å². The summed E-state index contributed by atoms with van der Waals surface area (Å²) < 4.78 is 20.9. The largest absolute Gasteiger partial charge is 0.466 e. The molecule has 3 aliphatic rings. The van der Waals surface area contributed by atoms with Crippen molar-refractivity contribution in [2.75, 3.05) is 20.8 Å². The Hall–Kier alpha value is -1.80. The van der Waals surface area contributed by atoms with E-state index < -0.39 is 29.9 Å². The van der Waals surface area contributed by atoms with Crippen LogP contribution in [0.3, 0.4) is 0 Å². The number of hydrogen-bond acceptors (Lipinski definition) is 7. The summed E-state index contributed by atoms with van der Waals surface area (Å²) in [5, 5.41) is 12.0. The normalized spacial score (nSPS) is 39.3. The Kier molecular flexibility index (Phi) is 3.29. The third-order valence-electron chi connectivity index (χ3n) is 4.43. The number of alkyl carbamates (subject to hydrolysis) is 1. The number of rotatable bonds is 3. The zero-order chi connectivity index (χ0) is 15.2. The highest BCUT2D eigenvalue weighted by molar-refractivity contribution is 5.89. The van der Waals surface area contributed by atoms with E-state index >= 15 is 0 Å². The topological polar surface area (TPSA) is 107 Å². The van der Waals surface area contributed by atoms with E-state index in [1.807, 2.05) is 0 Å². The minimum absolute atomic E-state index is 0.164. The average molecular weight is 299 g/mol. The van der Waals surface area contributed by atoms with Gasteiger partial charge in [-0.05, 0) is 6.42 Å². The monoisotopic (exact) mass is 299 g/mol. The molecule has 1 amide bonds. The Morgan fingerprint density at radius 3 is 2.95 bits per heavy atom. The predicted octanol–water partition coefficient (Wildman–Crippen LogP) is -0.478. The van der Waals surface area contributed by atoms with E-state index in [4.69, 9.17) is 18.9 Å². The molecular formula is C13H17NO7. The molecule has 116 valence electrons. The number of nitrogens with one attached hydrogen (secondary N) is 1. The van der Waals surface area contributed by atoms with Gasteiger partial charge in [-0.3, -0.25) is 0 Å². The second-order valence-electron chi connectivity index (χ2n) is 5.31. The molecule has 0 spiro atoms. The molecule has 0 aromatic rings. The summed E-state index contributed by atoms with van der Waals surface area (Å²) in [4.78, 5) is 23.2. The average Bonchev–Trinajstić information content (AvgIpc) is 3.11. The highest BCUT2D eigenvalue weighted by Crippen LogP contribution is 2.61. The van der Waals surface area contributed by atoms with Gasteiger partial charge in [-0.2, -0.15) is 0 Å². The van der Waals surface area contributed by atoms with Crippen LogP contribution >= 0.6 is 0 Å². The fraction of sp³-hybridized carbons (Fsp3) is 0.692. The van der Waals surface area contributed by atoms with E-state index in [2.05, 4.69) is 5.32 Å². The van der Waals surface area contributed by atoms with Gasteiger partial charge >= 0.3 is 12.1 Å². The summed E-state index contributed by atoms with van der Waals surface area (Å²) in [7, 11) is 2.73. The third-order valence-corrected chi connectivity index (χ3v) is 4.43. The molecule has 8 heteroatoms. The first-order chi connectivity index (χ1) is 10.1. The van der Waals surface area contributed by atoms with Crippen LogP contribution in [0.1, 0.15) is 6.42 Å². The van der Waals surface area contributed by atoms with Gasteiger partial charge in [-0.1, -0.05) is 0 Å².